The highest BCUT2D eigenvalue weighted by molar-refractivity contribution is 6.17. The van der Waals surface area contributed by atoms with E-state index >= 15 is 0 Å². The number of rotatable bonds is 7. The molecule has 0 saturated heterocycles. The largest absolute Gasteiger partial charge is 0.271 e. The fraction of sp³-hybridized carbons (Fsp3) is 1.00. The van der Waals surface area contributed by atoms with Gasteiger partial charge in [0.25, 0.3) is 0 Å². The van der Waals surface area contributed by atoms with Crippen LogP contribution in [0.15, 0.2) is 0 Å². The van der Waals surface area contributed by atoms with Gasteiger partial charge < -0.3 is 0 Å². The van der Waals surface area contributed by atoms with Gasteiger partial charge in [-0.3, -0.25) is 11.3 Å². The Labute approximate surface area is 80.8 Å². The molecule has 2 nitrogen and oxygen atoms in total. The van der Waals surface area contributed by atoms with Crippen LogP contribution in [0.4, 0.5) is 0 Å². The first kappa shape index (κ1) is 12.2. The Kier molecular flexibility index (Phi) is 7.98. The van der Waals surface area contributed by atoms with Gasteiger partial charge in [-0.05, 0) is 25.2 Å². The topological polar surface area (TPSA) is 38.0 Å². The highest BCUT2D eigenvalue weighted by Gasteiger charge is 2.13. The lowest BCUT2D eigenvalue weighted by molar-refractivity contribution is 0.339. The third-order valence-corrected chi connectivity index (χ3v) is 2.56. The molecule has 0 saturated carbocycles. The highest BCUT2D eigenvalue weighted by Crippen LogP contribution is 2.14. The molecule has 0 aliphatic rings. The first-order chi connectivity index (χ1) is 5.76. The summed E-state index contributed by atoms with van der Waals surface area (Å²) in [7, 11) is 0. The Balaban J connectivity index is 3.62. The third kappa shape index (κ3) is 4.96. The van der Waals surface area contributed by atoms with Gasteiger partial charge in [0, 0.05) is 11.9 Å². The molecule has 12 heavy (non-hydrogen) atoms. The molecule has 2 atom stereocenters. The lowest BCUT2D eigenvalue weighted by Crippen LogP contribution is -2.39. The number of alkyl halides is 1. The van der Waals surface area contributed by atoms with E-state index in [-0.39, 0.29) is 0 Å². The molecule has 0 bridgehead atoms. The summed E-state index contributed by atoms with van der Waals surface area (Å²) >= 11 is 5.62. The SMILES string of the molecule is CCCC(C)C(CCCCl)NN. The van der Waals surface area contributed by atoms with Crippen LogP contribution >= 0.6 is 11.6 Å². The van der Waals surface area contributed by atoms with Crippen LogP contribution in [-0.4, -0.2) is 11.9 Å². The predicted molar refractivity (Wildman–Crippen MR) is 55.1 cm³/mol. The van der Waals surface area contributed by atoms with Crippen molar-refractivity contribution >= 4 is 11.6 Å². The van der Waals surface area contributed by atoms with E-state index in [2.05, 4.69) is 19.3 Å². The van der Waals surface area contributed by atoms with Gasteiger partial charge in [0.15, 0.2) is 0 Å². The Bertz CT molecular complexity index is 98.5. The van der Waals surface area contributed by atoms with Crippen LogP contribution in [0, 0.1) is 5.92 Å². The molecule has 3 heteroatoms. The summed E-state index contributed by atoms with van der Waals surface area (Å²) in [5, 5.41) is 0. The van der Waals surface area contributed by atoms with E-state index < -0.39 is 0 Å². The monoisotopic (exact) mass is 192 g/mol. The van der Waals surface area contributed by atoms with Crippen molar-refractivity contribution in [1.82, 2.24) is 5.43 Å². The zero-order valence-corrected chi connectivity index (χ0v) is 8.90. The van der Waals surface area contributed by atoms with Crippen molar-refractivity contribution in [3.8, 4) is 0 Å². The zero-order valence-electron chi connectivity index (χ0n) is 8.15. The maximum atomic E-state index is 5.62. The Morgan fingerprint density at radius 2 is 2.08 bits per heavy atom. The van der Waals surface area contributed by atoms with Crippen LogP contribution in [0.5, 0.6) is 0 Å². The fourth-order valence-electron chi connectivity index (χ4n) is 1.49. The summed E-state index contributed by atoms with van der Waals surface area (Å²) < 4.78 is 0. The molecular formula is C9H21ClN2. The zero-order chi connectivity index (χ0) is 9.40. The van der Waals surface area contributed by atoms with E-state index in [1.54, 1.807) is 0 Å². The molecule has 0 spiro atoms. The molecule has 0 radical (unpaired) electrons. The first-order valence-electron chi connectivity index (χ1n) is 4.78. The van der Waals surface area contributed by atoms with Crippen molar-refractivity contribution in [3.63, 3.8) is 0 Å². The molecule has 0 aliphatic carbocycles. The summed E-state index contributed by atoms with van der Waals surface area (Å²) in [6.07, 6.45) is 4.59. The number of halogens is 1. The maximum absolute atomic E-state index is 5.62. The molecule has 0 fully saturated rings. The van der Waals surface area contributed by atoms with E-state index in [4.69, 9.17) is 17.4 Å². The standard InChI is InChI=1S/C9H21ClN2/c1-3-5-8(2)9(12-11)6-4-7-10/h8-9,12H,3-7,11H2,1-2H3. The number of nitrogens with two attached hydrogens (primary N) is 1. The normalized spacial score (nSPS) is 16.0. The van der Waals surface area contributed by atoms with Crippen LogP contribution in [0.2, 0.25) is 0 Å². The minimum atomic E-state index is 0.434. The average molecular weight is 193 g/mol. The first-order valence-corrected chi connectivity index (χ1v) is 5.31. The minimum Gasteiger partial charge on any atom is -0.271 e. The molecule has 0 aromatic heterocycles. The highest BCUT2D eigenvalue weighted by atomic mass is 35.5. The second kappa shape index (κ2) is 7.84. The Morgan fingerprint density at radius 1 is 1.42 bits per heavy atom. The van der Waals surface area contributed by atoms with E-state index in [1.807, 2.05) is 0 Å². The number of hydrazine groups is 1. The average Bonchev–Trinajstić information content (AvgIpc) is 2.06. The van der Waals surface area contributed by atoms with Crippen LogP contribution in [0.3, 0.4) is 0 Å². The van der Waals surface area contributed by atoms with Crippen molar-refractivity contribution in [3.05, 3.63) is 0 Å². The molecule has 2 unspecified atom stereocenters. The van der Waals surface area contributed by atoms with Crippen LogP contribution < -0.4 is 11.3 Å². The van der Waals surface area contributed by atoms with Crippen molar-refractivity contribution in [2.75, 3.05) is 5.88 Å². The second-order valence-corrected chi connectivity index (χ2v) is 3.75. The summed E-state index contributed by atoms with van der Waals surface area (Å²) in [6.45, 7) is 4.44. The van der Waals surface area contributed by atoms with Gasteiger partial charge in [-0.25, -0.2) is 0 Å². The van der Waals surface area contributed by atoms with Gasteiger partial charge in [0.1, 0.15) is 0 Å². The lowest BCUT2D eigenvalue weighted by atomic mass is 9.94. The van der Waals surface area contributed by atoms with E-state index in [0.29, 0.717) is 12.0 Å². The van der Waals surface area contributed by atoms with Gasteiger partial charge in [0.2, 0.25) is 0 Å². The smallest absolute Gasteiger partial charge is 0.0236 e. The lowest BCUT2D eigenvalue weighted by Gasteiger charge is -2.22. The molecular weight excluding hydrogens is 172 g/mol. The molecule has 0 aromatic carbocycles. The number of hydrogen-bond acceptors (Lipinski definition) is 2. The van der Waals surface area contributed by atoms with Gasteiger partial charge in [0.05, 0.1) is 0 Å². The van der Waals surface area contributed by atoms with Gasteiger partial charge in [-0.1, -0.05) is 20.3 Å². The van der Waals surface area contributed by atoms with Crippen molar-refractivity contribution in [1.29, 1.82) is 0 Å². The van der Waals surface area contributed by atoms with Crippen LogP contribution in [0.25, 0.3) is 0 Å². The number of nitrogens with one attached hydrogen (secondary N) is 1. The van der Waals surface area contributed by atoms with Crippen molar-refractivity contribution < 1.29 is 0 Å². The molecule has 0 aliphatic heterocycles. The van der Waals surface area contributed by atoms with E-state index in [0.717, 1.165) is 18.7 Å². The van der Waals surface area contributed by atoms with Crippen LogP contribution in [-0.2, 0) is 0 Å². The molecule has 0 amide bonds. The van der Waals surface area contributed by atoms with E-state index in [9.17, 15) is 0 Å². The molecule has 0 aromatic rings. The summed E-state index contributed by atoms with van der Waals surface area (Å²) in [5.74, 6) is 6.84. The van der Waals surface area contributed by atoms with Crippen LogP contribution in [0.1, 0.15) is 39.5 Å². The van der Waals surface area contributed by atoms with Gasteiger partial charge in [-0.2, -0.15) is 0 Å². The summed E-state index contributed by atoms with van der Waals surface area (Å²) in [5.41, 5.74) is 2.86. The van der Waals surface area contributed by atoms with Crippen molar-refractivity contribution in [2.24, 2.45) is 11.8 Å². The molecule has 74 valence electrons. The predicted octanol–water partition coefficient (Wildman–Crippen LogP) is 2.27. The van der Waals surface area contributed by atoms with Crippen molar-refractivity contribution in [2.45, 2.75) is 45.6 Å². The Hall–Kier alpha value is 0.210. The second-order valence-electron chi connectivity index (χ2n) is 3.37. The summed E-state index contributed by atoms with van der Waals surface area (Å²) in [4.78, 5) is 0. The van der Waals surface area contributed by atoms with E-state index in [1.165, 1.54) is 12.8 Å². The van der Waals surface area contributed by atoms with Gasteiger partial charge >= 0.3 is 0 Å². The van der Waals surface area contributed by atoms with Gasteiger partial charge in [-0.15, -0.1) is 11.6 Å². The molecule has 0 heterocycles. The molecule has 0 rings (SSSR count). The fourth-order valence-corrected chi connectivity index (χ4v) is 1.64. The number of hydrogen-bond donors (Lipinski definition) is 2. The summed E-state index contributed by atoms with van der Waals surface area (Å²) in [6, 6.07) is 0.434. The maximum Gasteiger partial charge on any atom is 0.0236 e. The quantitative estimate of drug-likeness (QED) is 0.369. The Morgan fingerprint density at radius 3 is 2.50 bits per heavy atom. The third-order valence-electron chi connectivity index (χ3n) is 2.29. The molecule has 3 N–H and O–H groups in total. The minimum absolute atomic E-state index is 0.434.